The number of hydrogen-bond acceptors (Lipinski definition) is 5. The van der Waals surface area contributed by atoms with E-state index in [0.29, 0.717) is 18.7 Å². The van der Waals surface area contributed by atoms with Gasteiger partial charge in [-0.25, -0.2) is 14.6 Å². The fourth-order valence-corrected chi connectivity index (χ4v) is 3.52. The van der Waals surface area contributed by atoms with Gasteiger partial charge in [-0.3, -0.25) is 4.79 Å². The Bertz CT molecular complexity index is 1050. The van der Waals surface area contributed by atoms with Crippen LogP contribution in [0.1, 0.15) is 21.5 Å². The van der Waals surface area contributed by atoms with E-state index in [-0.39, 0.29) is 5.91 Å². The van der Waals surface area contributed by atoms with Crippen molar-refractivity contribution in [3.63, 3.8) is 0 Å². The van der Waals surface area contributed by atoms with Gasteiger partial charge in [-0.1, -0.05) is 42.1 Å². The zero-order valence-electron chi connectivity index (χ0n) is 15.6. The summed E-state index contributed by atoms with van der Waals surface area (Å²) in [7, 11) is 0. The van der Waals surface area contributed by atoms with E-state index in [9.17, 15) is 4.79 Å². The highest BCUT2D eigenvalue weighted by Crippen LogP contribution is 2.25. The van der Waals surface area contributed by atoms with Crippen LogP contribution in [-0.4, -0.2) is 25.7 Å². The topological polar surface area (TPSA) is 72.7 Å². The first-order valence-electron chi connectivity index (χ1n) is 9.14. The van der Waals surface area contributed by atoms with E-state index in [1.165, 1.54) is 6.33 Å². The van der Waals surface area contributed by atoms with E-state index in [2.05, 4.69) is 20.4 Å². The molecule has 144 valence electrons. The molecule has 0 saturated heterocycles. The van der Waals surface area contributed by atoms with E-state index in [0.717, 1.165) is 21.0 Å². The first-order chi connectivity index (χ1) is 14.3. The Morgan fingerprint density at radius 2 is 1.76 bits per heavy atom. The van der Waals surface area contributed by atoms with Gasteiger partial charge in [0.05, 0.1) is 6.54 Å². The van der Waals surface area contributed by atoms with Crippen LogP contribution in [0.5, 0.6) is 0 Å². The summed E-state index contributed by atoms with van der Waals surface area (Å²) in [5, 5.41) is 7.99. The summed E-state index contributed by atoms with van der Waals surface area (Å²) in [5.41, 5.74) is 2.81. The molecule has 6 nitrogen and oxygen atoms in total. The van der Waals surface area contributed by atoms with Gasteiger partial charge in [0.15, 0.2) is 0 Å². The molecule has 0 bridgehead atoms. The molecule has 1 N–H and O–H groups in total. The molecule has 1 amide bonds. The van der Waals surface area contributed by atoms with Crippen LogP contribution in [0, 0.1) is 0 Å². The zero-order valence-corrected chi connectivity index (χ0v) is 16.4. The molecular weight excluding hydrogens is 382 g/mol. The summed E-state index contributed by atoms with van der Waals surface area (Å²) in [5.74, 6) is -0.0916. The lowest BCUT2D eigenvalue weighted by Gasteiger charge is -2.08. The second-order valence-corrected chi connectivity index (χ2v) is 7.48. The largest absolute Gasteiger partial charge is 0.348 e. The van der Waals surface area contributed by atoms with Crippen LogP contribution in [-0.2, 0) is 13.1 Å². The molecule has 29 heavy (non-hydrogen) atoms. The molecule has 0 saturated carbocycles. The molecule has 0 radical (unpaired) electrons. The molecule has 4 rings (SSSR count). The van der Waals surface area contributed by atoms with Gasteiger partial charge in [0.1, 0.15) is 17.7 Å². The summed E-state index contributed by atoms with van der Waals surface area (Å²) in [4.78, 5) is 21.7. The van der Waals surface area contributed by atoms with Crippen molar-refractivity contribution in [2.75, 3.05) is 0 Å². The summed E-state index contributed by atoms with van der Waals surface area (Å²) < 4.78 is 1.77. The third-order valence-electron chi connectivity index (χ3n) is 4.26. The molecule has 0 atom stereocenters. The average Bonchev–Trinajstić information content (AvgIpc) is 3.27. The Morgan fingerprint density at radius 3 is 2.45 bits per heavy atom. The zero-order chi connectivity index (χ0) is 19.9. The van der Waals surface area contributed by atoms with Crippen molar-refractivity contribution in [3.05, 3.63) is 102 Å². The first kappa shape index (κ1) is 18.9. The second-order valence-electron chi connectivity index (χ2n) is 6.39. The molecule has 0 fully saturated rings. The van der Waals surface area contributed by atoms with Gasteiger partial charge < -0.3 is 5.32 Å². The number of amides is 1. The highest BCUT2D eigenvalue weighted by molar-refractivity contribution is 7.99. The fraction of sp³-hybridized carbons (Fsp3) is 0.0909. The van der Waals surface area contributed by atoms with Gasteiger partial charge in [-0.2, -0.15) is 5.10 Å². The monoisotopic (exact) mass is 401 g/mol. The lowest BCUT2D eigenvalue weighted by Crippen LogP contribution is -2.22. The maximum absolute atomic E-state index is 12.4. The Balaban J connectivity index is 1.30. The van der Waals surface area contributed by atoms with Crippen LogP contribution in [0.2, 0.25) is 0 Å². The quantitative estimate of drug-likeness (QED) is 0.510. The predicted octanol–water partition coefficient (Wildman–Crippen LogP) is 3.80. The van der Waals surface area contributed by atoms with Crippen LogP contribution in [0.15, 0.2) is 95.5 Å². The summed E-state index contributed by atoms with van der Waals surface area (Å²) >= 11 is 1.57. The molecule has 4 aromatic rings. The number of carbonyl (C=O) groups is 1. The van der Waals surface area contributed by atoms with Gasteiger partial charge in [0.25, 0.3) is 5.91 Å². The van der Waals surface area contributed by atoms with E-state index in [4.69, 9.17) is 0 Å². The fourth-order valence-electron chi connectivity index (χ4n) is 2.75. The number of hydrogen-bond donors (Lipinski definition) is 1. The normalized spacial score (nSPS) is 10.6. The van der Waals surface area contributed by atoms with Crippen molar-refractivity contribution in [1.29, 1.82) is 0 Å². The molecule has 0 aliphatic heterocycles. The number of nitrogens with one attached hydrogen (secondary N) is 1. The Kier molecular flexibility index (Phi) is 5.97. The van der Waals surface area contributed by atoms with Crippen molar-refractivity contribution < 1.29 is 4.79 Å². The minimum Gasteiger partial charge on any atom is -0.348 e. The van der Waals surface area contributed by atoms with Crippen LogP contribution in [0.25, 0.3) is 0 Å². The molecule has 7 heteroatoms. The van der Waals surface area contributed by atoms with Crippen LogP contribution in [0.4, 0.5) is 0 Å². The third kappa shape index (κ3) is 5.30. The van der Waals surface area contributed by atoms with Crippen molar-refractivity contribution >= 4 is 17.7 Å². The number of aromatic nitrogens is 4. The summed E-state index contributed by atoms with van der Waals surface area (Å²) in [6.45, 7) is 1.16. The van der Waals surface area contributed by atoms with E-state index in [1.807, 2.05) is 66.7 Å². The first-order valence-corrected chi connectivity index (χ1v) is 9.95. The molecule has 2 aromatic heterocycles. The molecular formula is C22H19N5OS. The van der Waals surface area contributed by atoms with Crippen LogP contribution < -0.4 is 5.32 Å². The smallest absolute Gasteiger partial charge is 0.251 e. The number of benzene rings is 2. The van der Waals surface area contributed by atoms with Crippen molar-refractivity contribution in [2.24, 2.45) is 0 Å². The van der Waals surface area contributed by atoms with E-state index in [1.54, 1.807) is 29.0 Å². The van der Waals surface area contributed by atoms with E-state index >= 15 is 0 Å². The van der Waals surface area contributed by atoms with Gasteiger partial charge >= 0.3 is 0 Å². The standard InChI is InChI=1S/C22H19N5OS/c28-22(19-8-10-20(11-9-19)29-21-3-1-2-12-24-21)25-13-17-4-6-18(7-5-17)14-27-16-23-15-26-27/h1-12,15-16H,13-14H2,(H,25,28). The summed E-state index contributed by atoms with van der Waals surface area (Å²) in [6, 6.07) is 21.4. The minimum atomic E-state index is -0.0916. The highest BCUT2D eigenvalue weighted by atomic mass is 32.2. The van der Waals surface area contributed by atoms with Crippen LogP contribution in [0.3, 0.4) is 0 Å². The number of rotatable bonds is 7. The van der Waals surface area contributed by atoms with Crippen molar-refractivity contribution in [2.45, 2.75) is 23.0 Å². The number of carbonyl (C=O) groups excluding carboxylic acids is 1. The molecule has 0 unspecified atom stereocenters. The van der Waals surface area contributed by atoms with Gasteiger partial charge in [-0.05, 0) is 47.5 Å². The van der Waals surface area contributed by atoms with E-state index < -0.39 is 0 Å². The molecule has 0 aliphatic rings. The SMILES string of the molecule is O=C(NCc1ccc(Cn2cncn2)cc1)c1ccc(Sc2ccccn2)cc1. The Morgan fingerprint density at radius 1 is 0.966 bits per heavy atom. The third-order valence-corrected chi connectivity index (χ3v) is 5.22. The van der Waals surface area contributed by atoms with Crippen LogP contribution >= 0.6 is 11.8 Å². The molecule has 2 heterocycles. The maximum atomic E-state index is 12.4. The number of nitrogens with zero attached hydrogens (tertiary/aromatic N) is 4. The van der Waals surface area contributed by atoms with Gasteiger partial charge in [0.2, 0.25) is 0 Å². The van der Waals surface area contributed by atoms with Gasteiger partial charge in [-0.15, -0.1) is 0 Å². The molecule has 0 aliphatic carbocycles. The average molecular weight is 401 g/mol. The number of pyridine rings is 1. The van der Waals surface area contributed by atoms with Gasteiger partial charge in [0, 0.05) is 23.2 Å². The lowest BCUT2D eigenvalue weighted by atomic mass is 10.1. The lowest BCUT2D eigenvalue weighted by molar-refractivity contribution is 0.0951. The molecule has 2 aromatic carbocycles. The predicted molar refractivity (Wildman–Crippen MR) is 112 cm³/mol. The Labute approximate surface area is 173 Å². The summed E-state index contributed by atoms with van der Waals surface area (Å²) in [6.07, 6.45) is 4.98. The molecule has 0 spiro atoms. The minimum absolute atomic E-state index is 0.0916. The Hall–Kier alpha value is -3.45. The van der Waals surface area contributed by atoms with Crippen molar-refractivity contribution in [3.8, 4) is 0 Å². The highest BCUT2D eigenvalue weighted by Gasteiger charge is 2.06. The van der Waals surface area contributed by atoms with Crippen molar-refractivity contribution in [1.82, 2.24) is 25.1 Å². The maximum Gasteiger partial charge on any atom is 0.251 e. The second kappa shape index (κ2) is 9.16.